The molecule has 0 aliphatic heterocycles. The Morgan fingerprint density at radius 1 is 1.24 bits per heavy atom. The van der Waals surface area contributed by atoms with Crippen molar-refractivity contribution in [3.05, 3.63) is 35.9 Å². The van der Waals surface area contributed by atoms with Gasteiger partial charge < -0.3 is 10.5 Å². The number of sulfone groups is 1. The van der Waals surface area contributed by atoms with Gasteiger partial charge in [-0.1, -0.05) is 44.2 Å². The lowest BCUT2D eigenvalue weighted by Gasteiger charge is -2.27. The number of ether oxygens (including phenoxy) is 1. The maximum absolute atomic E-state index is 12.5. The quantitative estimate of drug-likeness (QED) is 0.774. The minimum atomic E-state index is -3.69. The average molecular weight is 313 g/mol. The molecule has 0 aliphatic rings. The van der Waals surface area contributed by atoms with Crippen molar-refractivity contribution in [3.8, 4) is 0 Å². The van der Waals surface area contributed by atoms with Gasteiger partial charge in [0.15, 0.2) is 9.84 Å². The minimum Gasteiger partial charge on any atom is -0.465 e. The van der Waals surface area contributed by atoms with E-state index in [9.17, 15) is 13.2 Å². The summed E-state index contributed by atoms with van der Waals surface area (Å²) in [5.74, 6) is -1.58. The fraction of sp³-hybridized carbons (Fsp3) is 0.533. The van der Waals surface area contributed by atoms with E-state index >= 15 is 0 Å². The lowest BCUT2D eigenvalue weighted by molar-refractivity contribution is -0.139. The summed E-state index contributed by atoms with van der Waals surface area (Å²) >= 11 is 0. The molecule has 0 aromatic heterocycles. The zero-order valence-corrected chi connectivity index (χ0v) is 13.5. The first kappa shape index (κ1) is 17.7. The molecule has 1 aromatic carbocycles. The van der Waals surface area contributed by atoms with Crippen LogP contribution >= 0.6 is 0 Å². The molecule has 2 N–H and O–H groups in total. The highest BCUT2D eigenvalue weighted by Crippen LogP contribution is 2.26. The maximum atomic E-state index is 12.5. The molecule has 0 heterocycles. The number of hydrogen-bond donors (Lipinski definition) is 1. The molecule has 2 atom stereocenters. The number of carbonyl (C=O) groups excluding carboxylic acids is 1. The highest BCUT2D eigenvalue weighted by Gasteiger charge is 2.36. The maximum Gasteiger partial charge on any atom is 0.321 e. The summed E-state index contributed by atoms with van der Waals surface area (Å²) < 4.78 is 29.7. The van der Waals surface area contributed by atoms with Crippen molar-refractivity contribution in [3.63, 3.8) is 0 Å². The molecular formula is C15H23NO4S. The zero-order valence-electron chi connectivity index (χ0n) is 12.7. The standard InChI is InChI=1S/C15H23NO4S/c1-4-20-13(17)10-21(18,19)15(11(2)3)14(16)12-8-6-5-7-9-12/h5-9,11,14-15H,4,10,16H2,1-3H3. The van der Waals surface area contributed by atoms with Gasteiger partial charge >= 0.3 is 5.97 Å². The summed E-state index contributed by atoms with van der Waals surface area (Å²) in [6, 6.07) is 8.37. The molecule has 2 unspecified atom stereocenters. The zero-order chi connectivity index (χ0) is 16.0. The molecule has 118 valence electrons. The van der Waals surface area contributed by atoms with Crippen LogP contribution in [0.2, 0.25) is 0 Å². The van der Waals surface area contributed by atoms with E-state index in [4.69, 9.17) is 10.5 Å². The van der Waals surface area contributed by atoms with Crippen LogP contribution in [-0.2, 0) is 19.4 Å². The van der Waals surface area contributed by atoms with Crippen LogP contribution in [0.25, 0.3) is 0 Å². The van der Waals surface area contributed by atoms with Crippen molar-refractivity contribution in [1.82, 2.24) is 0 Å². The average Bonchev–Trinajstić information content (AvgIpc) is 2.38. The fourth-order valence-electron chi connectivity index (χ4n) is 2.38. The van der Waals surface area contributed by atoms with Crippen LogP contribution in [0.3, 0.4) is 0 Å². The Kier molecular flexibility index (Phi) is 6.36. The van der Waals surface area contributed by atoms with Gasteiger partial charge in [0.05, 0.1) is 11.9 Å². The minimum absolute atomic E-state index is 0.158. The van der Waals surface area contributed by atoms with Crippen LogP contribution in [-0.4, -0.2) is 32.0 Å². The molecule has 21 heavy (non-hydrogen) atoms. The third kappa shape index (κ3) is 4.82. The Morgan fingerprint density at radius 2 is 1.81 bits per heavy atom. The van der Waals surface area contributed by atoms with E-state index < -0.39 is 32.9 Å². The van der Waals surface area contributed by atoms with Crippen LogP contribution in [0, 0.1) is 5.92 Å². The van der Waals surface area contributed by atoms with Crippen LogP contribution in [0.4, 0.5) is 0 Å². The largest absolute Gasteiger partial charge is 0.465 e. The van der Waals surface area contributed by atoms with Crippen LogP contribution in [0.1, 0.15) is 32.4 Å². The van der Waals surface area contributed by atoms with Crippen molar-refractivity contribution < 1.29 is 17.9 Å². The highest BCUT2D eigenvalue weighted by molar-refractivity contribution is 7.92. The molecule has 0 spiro atoms. The van der Waals surface area contributed by atoms with Crippen molar-refractivity contribution in [2.24, 2.45) is 11.7 Å². The molecule has 5 nitrogen and oxygen atoms in total. The van der Waals surface area contributed by atoms with Crippen LogP contribution in [0.15, 0.2) is 30.3 Å². The Balaban J connectivity index is 3.03. The molecular weight excluding hydrogens is 290 g/mol. The SMILES string of the molecule is CCOC(=O)CS(=O)(=O)C(C(C)C)C(N)c1ccccc1. The van der Waals surface area contributed by atoms with Gasteiger partial charge in [0.1, 0.15) is 5.75 Å². The van der Waals surface area contributed by atoms with E-state index in [1.165, 1.54) is 0 Å². The topological polar surface area (TPSA) is 86.5 Å². The summed E-state index contributed by atoms with van der Waals surface area (Å²) in [4.78, 5) is 11.5. The second kappa shape index (κ2) is 7.56. The van der Waals surface area contributed by atoms with E-state index in [0.29, 0.717) is 0 Å². The predicted molar refractivity (Wildman–Crippen MR) is 82.4 cm³/mol. The van der Waals surface area contributed by atoms with Crippen LogP contribution < -0.4 is 5.73 Å². The van der Waals surface area contributed by atoms with E-state index in [2.05, 4.69) is 0 Å². The van der Waals surface area contributed by atoms with Crippen molar-refractivity contribution >= 4 is 15.8 Å². The number of esters is 1. The number of hydrogen-bond acceptors (Lipinski definition) is 5. The first-order chi connectivity index (χ1) is 9.79. The molecule has 0 bridgehead atoms. The number of benzene rings is 1. The van der Waals surface area contributed by atoms with Gasteiger partial charge in [-0.05, 0) is 18.4 Å². The fourth-order valence-corrected chi connectivity index (χ4v) is 4.42. The first-order valence-corrected chi connectivity index (χ1v) is 8.68. The van der Waals surface area contributed by atoms with Crippen LogP contribution in [0.5, 0.6) is 0 Å². The van der Waals surface area contributed by atoms with E-state index in [1.807, 2.05) is 18.2 Å². The number of carbonyl (C=O) groups is 1. The molecule has 0 fully saturated rings. The Bertz CT molecular complexity index is 554. The summed E-state index contributed by atoms with van der Waals surface area (Å²) in [6.07, 6.45) is 0. The van der Waals surface area contributed by atoms with Gasteiger partial charge in [-0.2, -0.15) is 0 Å². The molecule has 0 aliphatic carbocycles. The van der Waals surface area contributed by atoms with E-state index in [0.717, 1.165) is 5.56 Å². The van der Waals surface area contributed by atoms with Crippen molar-refractivity contribution in [2.45, 2.75) is 32.1 Å². The van der Waals surface area contributed by atoms with Gasteiger partial charge in [-0.3, -0.25) is 4.79 Å². The summed E-state index contributed by atoms with van der Waals surface area (Å²) in [7, 11) is -3.69. The predicted octanol–water partition coefficient (Wildman–Crippen LogP) is 1.69. The molecule has 1 aromatic rings. The van der Waals surface area contributed by atoms with Gasteiger partial charge in [-0.15, -0.1) is 0 Å². The molecule has 6 heteroatoms. The normalized spacial score (nSPS) is 14.7. The van der Waals surface area contributed by atoms with Gasteiger partial charge in [-0.25, -0.2) is 8.42 Å². The van der Waals surface area contributed by atoms with E-state index in [1.54, 1.807) is 32.9 Å². The highest BCUT2D eigenvalue weighted by atomic mass is 32.2. The second-order valence-corrected chi connectivity index (χ2v) is 7.42. The second-order valence-electron chi connectivity index (χ2n) is 5.26. The Labute approximate surface area is 126 Å². The van der Waals surface area contributed by atoms with Gasteiger partial charge in [0.2, 0.25) is 0 Å². The molecule has 1 rings (SSSR count). The molecule has 0 saturated heterocycles. The summed E-state index contributed by atoms with van der Waals surface area (Å²) in [6.45, 7) is 5.37. The molecule has 0 saturated carbocycles. The summed E-state index contributed by atoms with van der Waals surface area (Å²) in [5.41, 5.74) is 6.88. The van der Waals surface area contributed by atoms with Gasteiger partial charge in [0.25, 0.3) is 0 Å². The van der Waals surface area contributed by atoms with Crippen molar-refractivity contribution in [1.29, 1.82) is 0 Å². The third-order valence-corrected chi connectivity index (χ3v) is 5.54. The Morgan fingerprint density at radius 3 is 2.29 bits per heavy atom. The number of rotatable bonds is 7. The Hall–Kier alpha value is -1.40. The third-order valence-electron chi connectivity index (χ3n) is 3.23. The van der Waals surface area contributed by atoms with Gasteiger partial charge in [0, 0.05) is 6.04 Å². The number of nitrogens with two attached hydrogens (primary N) is 1. The lowest BCUT2D eigenvalue weighted by atomic mass is 9.97. The lowest BCUT2D eigenvalue weighted by Crippen LogP contribution is -2.40. The first-order valence-electron chi connectivity index (χ1n) is 6.97. The monoisotopic (exact) mass is 313 g/mol. The molecule has 0 radical (unpaired) electrons. The molecule has 0 amide bonds. The summed E-state index contributed by atoms with van der Waals surface area (Å²) in [5, 5.41) is -0.829. The van der Waals surface area contributed by atoms with E-state index in [-0.39, 0.29) is 12.5 Å². The van der Waals surface area contributed by atoms with Crippen molar-refractivity contribution in [2.75, 3.05) is 12.4 Å². The smallest absolute Gasteiger partial charge is 0.321 e.